The van der Waals surface area contributed by atoms with Crippen molar-refractivity contribution in [2.24, 2.45) is 0 Å². The first-order chi connectivity index (χ1) is 10.1. The van der Waals surface area contributed by atoms with Crippen LogP contribution < -0.4 is 10.6 Å². The fourth-order valence-corrected chi connectivity index (χ4v) is 2.82. The molecule has 2 heterocycles. The molecule has 1 aliphatic heterocycles. The predicted molar refractivity (Wildman–Crippen MR) is 81.1 cm³/mol. The summed E-state index contributed by atoms with van der Waals surface area (Å²) in [5.74, 6) is -0.0919. The molecule has 0 radical (unpaired) electrons. The molecule has 3 N–H and O–H groups in total. The number of nitrogens with zero attached hydrogens (tertiary/aromatic N) is 2. The van der Waals surface area contributed by atoms with Crippen LogP contribution in [0.4, 0.5) is 5.69 Å². The first kappa shape index (κ1) is 14.0. The minimum atomic E-state index is -0.694. The van der Waals surface area contributed by atoms with Crippen LogP contribution in [-0.2, 0) is 11.3 Å². The highest BCUT2D eigenvalue weighted by Crippen LogP contribution is 2.24. The molecule has 0 unspecified atom stereocenters. The van der Waals surface area contributed by atoms with Crippen molar-refractivity contribution in [2.45, 2.75) is 31.9 Å². The summed E-state index contributed by atoms with van der Waals surface area (Å²) in [6.45, 7) is 3.66. The minimum Gasteiger partial charge on any atom is -0.388 e. The molecule has 3 rings (SSSR count). The predicted octanol–water partition coefficient (Wildman–Crippen LogP) is 1.11. The smallest absolute Gasteiger partial charge is 0.221 e. The molecule has 1 aliphatic rings. The van der Waals surface area contributed by atoms with Gasteiger partial charge < -0.3 is 15.7 Å². The maximum atomic E-state index is 11.1. The molecule has 0 saturated carbocycles. The Kier molecular flexibility index (Phi) is 3.65. The average molecular weight is 288 g/mol. The zero-order valence-electron chi connectivity index (χ0n) is 12.1. The van der Waals surface area contributed by atoms with Crippen LogP contribution in [0.25, 0.3) is 10.9 Å². The SMILES string of the molecule is CC(=O)Nc1ccc2c(cnn2CC2(O)CCNCC2)c1. The number of fused-ring (bicyclic) bond motifs is 1. The Morgan fingerprint density at radius 2 is 2.24 bits per heavy atom. The lowest BCUT2D eigenvalue weighted by Crippen LogP contribution is -2.44. The molecule has 0 spiro atoms. The minimum absolute atomic E-state index is 0.0919. The summed E-state index contributed by atoms with van der Waals surface area (Å²) in [6, 6.07) is 5.68. The topological polar surface area (TPSA) is 79.2 Å². The van der Waals surface area contributed by atoms with Crippen LogP contribution in [0.2, 0.25) is 0 Å². The van der Waals surface area contributed by atoms with Crippen LogP contribution in [0.1, 0.15) is 19.8 Å². The summed E-state index contributed by atoms with van der Waals surface area (Å²) in [6.07, 6.45) is 3.24. The van der Waals surface area contributed by atoms with Crippen molar-refractivity contribution in [3.63, 3.8) is 0 Å². The number of carbonyl (C=O) groups excluding carboxylic acids is 1. The zero-order chi connectivity index (χ0) is 14.9. The molecule has 1 aromatic carbocycles. The summed E-state index contributed by atoms with van der Waals surface area (Å²) in [5.41, 5.74) is 1.03. The number of carbonyl (C=O) groups is 1. The third kappa shape index (κ3) is 3.06. The molecule has 6 heteroatoms. The molecule has 21 heavy (non-hydrogen) atoms. The lowest BCUT2D eigenvalue weighted by atomic mass is 9.92. The number of hydrogen-bond donors (Lipinski definition) is 3. The van der Waals surface area contributed by atoms with Gasteiger partial charge in [-0.1, -0.05) is 0 Å². The highest BCUT2D eigenvalue weighted by molar-refractivity contribution is 5.92. The van der Waals surface area contributed by atoms with Crippen LogP contribution in [0.5, 0.6) is 0 Å². The molecule has 0 atom stereocenters. The van der Waals surface area contributed by atoms with E-state index >= 15 is 0 Å². The van der Waals surface area contributed by atoms with Crippen molar-refractivity contribution in [3.05, 3.63) is 24.4 Å². The van der Waals surface area contributed by atoms with Gasteiger partial charge in [0.25, 0.3) is 0 Å². The van der Waals surface area contributed by atoms with Crippen LogP contribution in [0, 0.1) is 0 Å². The van der Waals surface area contributed by atoms with Gasteiger partial charge in [-0.3, -0.25) is 9.48 Å². The van der Waals surface area contributed by atoms with E-state index in [1.807, 2.05) is 22.9 Å². The van der Waals surface area contributed by atoms with E-state index in [2.05, 4.69) is 15.7 Å². The van der Waals surface area contributed by atoms with Gasteiger partial charge in [0.1, 0.15) is 0 Å². The van der Waals surface area contributed by atoms with Gasteiger partial charge in [0.05, 0.1) is 23.9 Å². The number of aromatic nitrogens is 2. The molecular weight excluding hydrogens is 268 g/mol. The molecule has 1 fully saturated rings. The molecule has 112 valence electrons. The van der Waals surface area contributed by atoms with Gasteiger partial charge in [0.2, 0.25) is 5.91 Å². The second-order valence-electron chi connectivity index (χ2n) is 5.73. The fourth-order valence-electron chi connectivity index (χ4n) is 2.82. The standard InChI is InChI=1S/C15H20N4O2/c1-11(20)18-13-2-3-14-12(8-13)9-17-19(14)10-15(21)4-6-16-7-5-15/h2-3,8-9,16,21H,4-7,10H2,1H3,(H,18,20). The Bertz CT molecular complexity index is 659. The van der Waals surface area contributed by atoms with Crippen LogP contribution >= 0.6 is 0 Å². The van der Waals surface area contributed by atoms with Gasteiger partial charge in [0.15, 0.2) is 0 Å². The van der Waals surface area contributed by atoms with Crippen molar-refractivity contribution < 1.29 is 9.90 Å². The molecule has 1 aromatic heterocycles. The molecule has 1 amide bonds. The maximum Gasteiger partial charge on any atom is 0.221 e. The largest absolute Gasteiger partial charge is 0.388 e. The van der Waals surface area contributed by atoms with Crippen molar-refractivity contribution in [1.29, 1.82) is 0 Å². The summed E-state index contributed by atoms with van der Waals surface area (Å²) in [4.78, 5) is 11.1. The van der Waals surface area contributed by atoms with Crippen molar-refractivity contribution in [1.82, 2.24) is 15.1 Å². The molecule has 6 nitrogen and oxygen atoms in total. The number of rotatable bonds is 3. The highest BCUT2D eigenvalue weighted by Gasteiger charge is 2.30. The van der Waals surface area contributed by atoms with E-state index in [1.165, 1.54) is 6.92 Å². The Labute approximate surface area is 123 Å². The first-order valence-electron chi connectivity index (χ1n) is 7.22. The molecule has 2 aromatic rings. The van der Waals surface area contributed by atoms with E-state index in [9.17, 15) is 9.90 Å². The Morgan fingerprint density at radius 1 is 1.48 bits per heavy atom. The number of benzene rings is 1. The first-order valence-corrected chi connectivity index (χ1v) is 7.22. The van der Waals surface area contributed by atoms with E-state index in [4.69, 9.17) is 0 Å². The maximum absolute atomic E-state index is 11.1. The molecular formula is C15H20N4O2. The Morgan fingerprint density at radius 3 is 2.95 bits per heavy atom. The van der Waals surface area contributed by atoms with Gasteiger partial charge in [-0.05, 0) is 44.1 Å². The van der Waals surface area contributed by atoms with Gasteiger partial charge in [-0.15, -0.1) is 0 Å². The average Bonchev–Trinajstić information content (AvgIpc) is 2.81. The molecule has 1 saturated heterocycles. The van der Waals surface area contributed by atoms with Gasteiger partial charge in [-0.2, -0.15) is 5.10 Å². The van der Waals surface area contributed by atoms with Crippen molar-refractivity contribution in [2.75, 3.05) is 18.4 Å². The monoisotopic (exact) mass is 288 g/mol. The lowest BCUT2D eigenvalue weighted by Gasteiger charge is -2.32. The fraction of sp³-hybridized carbons (Fsp3) is 0.467. The molecule has 0 bridgehead atoms. The van der Waals surface area contributed by atoms with Crippen LogP contribution in [0.3, 0.4) is 0 Å². The third-order valence-electron chi connectivity index (χ3n) is 3.94. The number of hydrogen-bond acceptors (Lipinski definition) is 4. The summed E-state index contributed by atoms with van der Waals surface area (Å²) >= 11 is 0. The Balaban J connectivity index is 1.85. The number of amides is 1. The summed E-state index contributed by atoms with van der Waals surface area (Å²) in [5, 5.41) is 22.0. The second kappa shape index (κ2) is 5.46. The van der Waals surface area contributed by atoms with E-state index in [-0.39, 0.29) is 5.91 Å². The molecule has 0 aliphatic carbocycles. The quantitative estimate of drug-likeness (QED) is 0.790. The van der Waals surface area contributed by atoms with Crippen LogP contribution in [-0.4, -0.2) is 39.5 Å². The van der Waals surface area contributed by atoms with Crippen LogP contribution in [0.15, 0.2) is 24.4 Å². The number of nitrogens with one attached hydrogen (secondary N) is 2. The van der Waals surface area contributed by atoms with E-state index in [0.717, 1.165) is 42.5 Å². The number of anilines is 1. The summed E-state index contributed by atoms with van der Waals surface area (Å²) in [7, 11) is 0. The summed E-state index contributed by atoms with van der Waals surface area (Å²) < 4.78 is 1.85. The highest BCUT2D eigenvalue weighted by atomic mass is 16.3. The second-order valence-corrected chi connectivity index (χ2v) is 5.73. The lowest BCUT2D eigenvalue weighted by molar-refractivity contribution is -0.114. The third-order valence-corrected chi connectivity index (χ3v) is 3.94. The van der Waals surface area contributed by atoms with Crippen molar-refractivity contribution >= 4 is 22.5 Å². The zero-order valence-corrected chi connectivity index (χ0v) is 12.1. The van der Waals surface area contributed by atoms with Gasteiger partial charge in [-0.25, -0.2) is 0 Å². The normalized spacial score (nSPS) is 17.8. The Hall–Kier alpha value is -1.92. The van der Waals surface area contributed by atoms with Gasteiger partial charge in [0, 0.05) is 18.0 Å². The number of piperidine rings is 1. The number of aliphatic hydroxyl groups is 1. The van der Waals surface area contributed by atoms with E-state index < -0.39 is 5.60 Å². The van der Waals surface area contributed by atoms with Gasteiger partial charge >= 0.3 is 0 Å². The van der Waals surface area contributed by atoms with Crippen molar-refractivity contribution in [3.8, 4) is 0 Å². The van der Waals surface area contributed by atoms with E-state index in [1.54, 1.807) is 6.20 Å². The van der Waals surface area contributed by atoms with E-state index in [0.29, 0.717) is 6.54 Å².